The first kappa shape index (κ1) is 18.5. The summed E-state index contributed by atoms with van der Waals surface area (Å²) in [6, 6.07) is 0. The van der Waals surface area contributed by atoms with E-state index in [1.54, 1.807) is 0 Å². The topological polar surface area (TPSA) is 71.0 Å². The Morgan fingerprint density at radius 2 is 2.09 bits per heavy atom. The van der Waals surface area contributed by atoms with Gasteiger partial charge in [-0.2, -0.15) is 0 Å². The van der Waals surface area contributed by atoms with Crippen LogP contribution in [0.25, 0.3) is 0 Å². The summed E-state index contributed by atoms with van der Waals surface area (Å²) >= 11 is 0. The lowest BCUT2D eigenvalue weighted by Crippen LogP contribution is -2.41. The van der Waals surface area contributed by atoms with Gasteiger partial charge in [0.1, 0.15) is 9.84 Å². The highest BCUT2D eigenvalue weighted by atomic mass is 32.2. The van der Waals surface area contributed by atoms with Crippen LogP contribution in [0.5, 0.6) is 0 Å². The number of guanidine groups is 1. The van der Waals surface area contributed by atoms with E-state index >= 15 is 0 Å². The highest BCUT2D eigenvalue weighted by Crippen LogP contribution is 2.46. The number of ether oxygens (including phenoxy) is 1. The van der Waals surface area contributed by atoms with Gasteiger partial charge in [0.05, 0.1) is 12.4 Å². The normalized spacial score (nSPS) is 20.4. The number of nitrogens with zero attached hydrogens (tertiary/aromatic N) is 2. The Balaban J connectivity index is 1.80. The molecule has 0 amide bonds. The van der Waals surface area contributed by atoms with E-state index in [-0.39, 0.29) is 11.2 Å². The molecule has 2 rings (SSSR count). The minimum atomic E-state index is -2.94. The Morgan fingerprint density at radius 1 is 1.39 bits per heavy atom. The molecule has 0 atom stereocenters. The van der Waals surface area contributed by atoms with Crippen LogP contribution in [-0.4, -0.2) is 71.2 Å². The summed E-state index contributed by atoms with van der Waals surface area (Å²) < 4.78 is 28.7. The standard InChI is InChI=1S/C16H31N3O3S/c1-4-17-15(19(2)9-10-22-11-14-5-6-14)18-12-16(7-8-16)13-23(3,20)21/h14H,4-13H2,1-3H3,(H,17,18). The maximum atomic E-state index is 11.5. The summed E-state index contributed by atoms with van der Waals surface area (Å²) in [4.78, 5) is 6.73. The van der Waals surface area contributed by atoms with E-state index in [1.165, 1.54) is 19.1 Å². The second kappa shape index (κ2) is 7.83. The number of rotatable bonds is 10. The van der Waals surface area contributed by atoms with Crippen molar-refractivity contribution in [2.45, 2.75) is 32.6 Å². The third kappa shape index (κ3) is 7.08. The van der Waals surface area contributed by atoms with Crippen LogP contribution in [0.1, 0.15) is 32.6 Å². The third-order valence-corrected chi connectivity index (χ3v) is 5.54. The van der Waals surface area contributed by atoms with Crippen molar-refractivity contribution < 1.29 is 13.2 Å². The van der Waals surface area contributed by atoms with E-state index in [9.17, 15) is 8.42 Å². The van der Waals surface area contributed by atoms with Crippen LogP contribution in [0.2, 0.25) is 0 Å². The van der Waals surface area contributed by atoms with Crippen molar-refractivity contribution in [3.8, 4) is 0 Å². The number of hydrogen-bond acceptors (Lipinski definition) is 4. The molecule has 2 aliphatic rings. The highest BCUT2D eigenvalue weighted by molar-refractivity contribution is 7.90. The zero-order valence-corrected chi connectivity index (χ0v) is 15.5. The van der Waals surface area contributed by atoms with E-state index < -0.39 is 9.84 Å². The molecule has 0 saturated heterocycles. The fourth-order valence-corrected chi connectivity index (χ4v) is 4.13. The molecular weight excluding hydrogens is 314 g/mol. The van der Waals surface area contributed by atoms with Crippen LogP contribution >= 0.6 is 0 Å². The van der Waals surface area contributed by atoms with Gasteiger partial charge in [-0.3, -0.25) is 4.99 Å². The SMILES string of the molecule is CCNC(=NCC1(CS(C)(=O)=O)CC1)N(C)CCOCC1CC1. The van der Waals surface area contributed by atoms with Gasteiger partial charge in [-0.25, -0.2) is 8.42 Å². The smallest absolute Gasteiger partial charge is 0.193 e. The van der Waals surface area contributed by atoms with Gasteiger partial charge in [0.2, 0.25) is 0 Å². The average Bonchev–Trinajstić information content (AvgIpc) is 3.35. The molecule has 0 bridgehead atoms. The van der Waals surface area contributed by atoms with Gasteiger partial charge in [0.25, 0.3) is 0 Å². The predicted molar refractivity (Wildman–Crippen MR) is 93.5 cm³/mol. The zero-order valence-electron chi connectivity index (χ0n) is 14.7. The summed E-state index contributed by atoms with van der Waals surface area (Å²) in [7, 11) is -0.945. The van der Waals surface area contributed by atoms with E-state index in [1.807, 2.05) is 14.0 Å². The number of nitrogens with one attached hydrogen (secondary N) is 1. The molecule has 0 radical (unpaired) electrons. The van der Waals surface area contributed by atoms with Gasteiger partial charge in [-0.15, -0.1) is 0 Å². The van der Waals surface area contributed by atoms with Crippen LogP contribution in [-0.2, 0) is 14.6 Å². The molecule has 134 valence electrons. The van der Waals surface area contributed by atoms with Gasteiger partial charge >= 0.3 is 0 Å². The van der Waals surface area contributed by atoms with E-state index in [0.29, 0.717) is 13.2 Å². The van der Waals surface area contributed by atoms with Gasteiger partial charge in [0.15, 0.2) is 5.96 Å². The Hall–Kier alpha value is -0.820. The Morgan fingerprint density at radius 3 is 2.61 bits per heavy atom. The first-order valence-electron chi connectivity index (χ1n) is 8.58. The molecule has 0 heterocycles. The fourth-order valence-electron chi connectivity index (χ4n) is 2.64. The summed E-state index contributed by atoms with van der Waals surface area (Å²) in [5.41, 5.74) is -0.127. The van der Waals surface area contributed by atoms with Crippen molar-refractivity contribution in [1.29, 1.82) is 0 Å². The lowest BCUT2D eigenvalue weighted by Gasteiger charge is -2.23. The van der Waals surface area contributed by atoms with Gasteiger partial charge in [0, 0.05) is 45.0 Å². The first-order valence-corrected chi connectivity index (χ1v) is 10.6. The van der Waals surface area contributed by atoms with E-state index in [0.717, 1.165) is 44.4 Å². The molecule has 1 N–H and O–H groups in total. The minimum absolute atomic E-state index is 0.127. The zero-order chi connectivity index (χ0) is 16.9. The average molecular weight is 346 g/mol. The molecule has 0 spiro atoms. The lowest BCUT2D eigenvalue weighted by atomic mass is 10.1. The fraction of sp³-hybridized carbons (Fsp3) is 0.938. The van der Waals surface area contributed by atoms with Crippen molar-refractivity contribution in [3.63, 3.8) is 0 Å². The summed E-state index contributed by atoms with van der Waals surface area (Å²) in [5.74, 6) is 1.87. The number of likely N-dealkylation sites (N-methyl/N-ethyl adjacent to an activating group) is 1. The van der Waals surface area contributed by atoms with Crippen molar-refractivity contribution in [2.24, 2.45) is 16.3 Å². The molecule has 2 saturated carbocycles. The molecular formula is C16H31N3O3S. The molecule has 7 heteroatoms. The van der Waals surface area contributed by atoms with Crippen LogP contribution in [0.15, 0.2) is 4.99 Å². The van der Waals surface area contributed by atoms with Gasteiger partial charge in [-0.05, 0) is 38.5 Å². The lowest BCUT2D eigenvalue weighted by molar-refractivity contribution is 0.115. The van der Waals surface area contributed by atoms with E-state index in [4.69, 9.17) is 4.74 Å². The summed E-state index contributed by atoms with van der Waals surface area (Å²) in [6.07, 6.45) is 5.84. The summed E-state index contributed by atoms with van der Waals surface area (Å²) in [5, 5.41) is 3.28. The Kier molecular flexibility index (Phi) is 6.31. The van der Waals surface area contributed by atoms with Crippen molar-refractivity contribution in [3.05, 3.63) is 0 Å². The molecule has 0 aliphatic heterocycles. The quantitative estimate of drug-likeness (QED) is 0.365. The number of hydrogen-bond donors (Lipinski definition) is 1. The summed E-state index contributed by atoms with van der Waals surface area (Å²) in [6.45, 7) is 5.78. The first-order chi connectivity index (χ1) is 10.8. The minimum Gasteiger partial charge on any atom is -0.379 e. The van der Waals surface area contributed by atoms with Gasteiger partial charge < -0.3 is 15.0 Å². The van der Waals surface area contributed by atoms with Crippen molar-refractivity contribution >= 4 is 15.8 Å². The highest BCUT2D eigenvalue weighted by Gasteiger charge is 2.45. The maximum absolute atomic E-state index is 11.5. The second-order valence-electron chi connectivity index (χ2n) is 7.18. The van der Waals surface area contributed by atoms with Crippen molar-refractivity contribution in [2.75, 3.05) is 51.9 Å². The van der Waals surface area contributed by atoms with Gasteiger partial charge in [-0.1, -0.05) is 0 Å². The van der Waals surface area contributed by atoms with E-state index in [2.05, 4.69) is 15.2 Å². The predicted octanol–water partition coefficient (Wildman–Crippen LogP) is 1.14. The number of aliphatic imine (C=N–C) groups is 1. The Bertz CT molecular complexity index is 511. The number of sulfone groups is 1. The van der Waals surface area contributed by atoms with Crippen molar-refractivity contribution in [1.82, 2.24) is 10.2 Å². The second-order valence-corrected chi connectivity index (χ2v) is 9.32. The van der Waals surface area contributed by atoms with Crippen LogP contribution in [0, 0.1) is 11.3 Å². The molecule has 6 nitrogen and oxygen atoms in total. The molecule has 2 fully saturated rings. The van der Waals surface area contributed by atoms with Crippen LogP contribution in [0.4, 0.5) is 0 Å². The molecule has 0 unspecified atom stereocenters. The van der Waals surface area contributed by atoms with Crippen LogP contribution in [0.3, 0.4) is 0 Å². The molecule has 0 aromatic heterocycles. The molecule has 23 heavy (non-hydrogen) atoms. The molecule has 0 aromatic rings. The maximum Gasteiger partial charge on any atom is 0.193 e. The molecule has 0 aromatic carbocycles. The molecule has 2 aliphatic carbocycles. The monoisotopic (exact) mass is 345 g/mol. The largest absolute Gasteiger partial charge is 0.379 e. The van der Waals surface area contributed by atoms with Crippen LogP contribution < -0.4 is 5.32 Å². The third-order valence-electron chi connectivity index (χ3n) is 4.41. The Labute approximate surface area is 140 Å².